The number of hydrogen-bond donors (Lipinski definition) is 1. The van der Waals surface area contributed by atoms with E-state index in [9.17, 15) is 4.79 Å². The van der Waals surface area contributed by atoms with Crippen LogP contribution in [0.5, 0.6) is 0 Å². The maximum absolute atomic E-state index is 12.3. The van der Waals surface area contributed by atoms with E-state index < -0.39 is 0 Å². The Morgan fingerprint density at radius 1 is 1.52 bits per heavy atom. The molecular formula is C14H22N8O. The Morgan fingerprint density at radius 3 is 3.04 bits per heavy atom. The first-order valence-electron chi connectivity index (χ1n) is 7.90. The number of nitrogens with one attached hydrogen (secondary N) is 1. The van der Waals surface area contributed by atoms with Gasteiger partial charge in [-0.1, -0.05) is 0 Å². The molecule has 1 saturated carbocycles. The van der Waals surface area contributed by atoms with Crippen molar-refractivity contribution in [3.63, 3.8) is 0 Å². The third-order valence-corrected chi connectivity index (χ3v) is 3.95. The number of amides is 2. The van der Waals surface area contributed by atoms with Crippen molar-refractivity contribution in [2.45, 2.75) is 44.8 Å². The molecule has 3 rings (SSSR count). The minimum absolute atomic E-state index is 0.117. The quantitative estimate of drug-likeness (QED) is 0.822. The molecule has 2 amide bonds. The van der Waals surface area contributed by atoms with Gasteiger partial charge in [-0.15, -0.1) is 5.10 Å². The van der Waals surface area contributed by atoms with Gasteiger partial charge in [0, 0.05) is 32.5 Å². The standard InChI is InChI=1S/C14H22N8O/c1-11(13-17-18-19-22(13)12-4-5-12)16-14(23)20(2)7-3-8-21-9-6-15-10-21/h6,9-12H,3-5,7-8H2,1-2H3,(H,16,23)/t11-/m0/s1. The number of nitrogens with zero attached hydrogens (tertiary/aromatic N) is 7. The van der Waals surface area contributed by atoms with Crippen LogP contribution < -0.4 is 5.32 Å². The van der Waals surface area contributed by atoms with Crippen molar-refractivity contribution in [1.82, 2.24) is 40.0 Å². The summed E-state index contributed by atoms with van der Waals surface area (Å²) in [5.74, 6) is 0.715. The molecule has 0 radical (unpaired) electrons. The van der Waals surface area contributed by atoms with Gasteiger partial charge in [0.15, 0.2) is 5.82 Å². The van der Waals surface area contributed by atoms with Crippen LogP contribution in [0.15, 0.2) is 18.7 Å². The van der Waals surface area contributed by atoms with Gasteiger partial charge in [-0.2, -0.15) is 0 Å². The number of aryl methyl sites for hydroxylation is 1. The van der Waals surface area contributed by atoms with Crippen molar-refractivity contribution in [2.75, 3.05) is 13.6 Å². The summed E-state index contributed by atoms with van der Waals surface area (Å²) in [6, 6.07) is 0.0648. The average molecular weight is 318 g/mol. The smallest absolute Gasteiger partial charge is 0.317 e. The zero-order valence-electron chi connectivity index (χ0n) is 13.5. The number of hydrogen-bond acceptors (Lipinski definition) is 5. The van der Waals surface area contributed by atoms with Crippen LogP contribution in [0.1, 0.15) is 44.1 Å². The molecule has 0 aliphatic heterocycles. The number of rotatable bonds is 7. The molecule has 2 heterocycles. The summed E-state index contributed by atoms with van der Waals surface area (Å²) >= 11 is 0. The number of aromatic nitrogens is 6. The van der Waals surface area contributed by atoms with E-state index in [1.807, 2.05) is 22.4 Å². The number of imidazole rings is 1. The largest absolute Gasteiger partial charge is 0.337 e. The van der Waals surface area contributed by atoms with Crippen LogP contribution in [0.4, 0.5) is 4.79 Å². The lowest BCUT2D eigenvalue weighted by Gasteiger charge is -2.21. The first-order valence-corrected chi connectivity index (χ1v) is 7.90. The van der Waals surface area contributed by atoms with E-state index in [1.54, 1.807) is 24.5 Å². The van der Waals surface area contributed by atoms with E-state index in [-0.39, 0.29) is 12.1 Å². The number of tetrazole rings is 1. The fourth-order valence-corrected chi connectivity index (χ4v) is 2.44. The van der Waals surface area contributed by atoms with Crippen LogP contribution in [-0.2, 0) is 6.54 Å². The molecule has 1 aliphatic carbocycles. The van der Waals surface area contributed by atoms with Crippen LogP contribution in [0.2, 0.25) is 0 Å². The molecule has 1 aliphatic rings. The van der Waals surface area contributed by atoms with E-state index in [4.69, 9.17) is 0 Å². The van der Waals surface area contributed by atoms with Crippen molar-refractivity contribution in [3.8, 4) is 0 Å². The SMILES string of the molecule is C[C@H](NC(=O)N(C)CCCn1ccnc1)c1nnnn1C1CC1. The lowest BCUT2D eigenvalue weighted by Crippen LogP contribution is -2.40. The van der Waals surface area contributed by atoms with E-state index >= 15 is 0 Å². The first kappa shape index (κ1) is 15.4. The minimum Gasteiger partial charge on any atom is -0.337 e. The highest BCUT2D eigenvalue weighted by Gasteiger charge is 2.30. The summed E-state index contributed by atoms with van der Waals surface area (Å²) in [4.78, 5) is 17.9. The summed E-state index contributed by atoms with van der Waals surface area (Å²) < 4.78 is 3.82. The third-order valence-electron chi connectivity index (χ3n) is 3.95. The monoisotopic (exact) mass is 318 g/mol. The molecule has 1 fully saturated rings. The topological polar surface area (TPSA) is 93.8 Å². The van der Waals surface area contributed by atoms with Gasteiger partial charge in [0.1, 0.15) is 0 Å². The van der Waals surface area contributed by atoms with Crippen LogP contribution in [0.3, 0.4) is 0 Å². The van der Waals surface area contributed by atoms with E-state index in [0.717, 1.165) is 25.8 Å². The van der Waals surface area contributed by atoms with Gasteiger partial charge in [0.2, 0.25) is 0 Å². The maximum atomic E-state index is 12.3. The predicted octanol–water partition coefficient (Wildman–Crippen LogP) is 0.997. The Morgan fingerprint density at radius 2 is 2.35 bits per heavy atom. The maximum Gasteiger partial charge on any atom is 0.317 e. The van der Waals surface area contributed by atoms with Crippen molar-refractivity contribution in [1.29, 1.82) is 0 Å². The summed E-state index contributed by atoms with van der Waals surface area (Å²) in [5.41, 5.74) is 0. The summed E-state index contributed by atoms with van der Waals surface area (Å²) in [6.45, 7) is 3.42. The second kappa shape index (κ2) is 6.76. The molecule has 0 spiro atoms. The number of carbonyl (C=O) groups is 1. The van der Waals surface area contributed by atoms with E-state index in [1.165, 1.54) is 0 Å². The minimum atomic E-state index is -0.214. The summed E-state index contributed by atoms with van der Waals surface area (Å²) in [6.07, 6.45) is 8.52. The van der Waals surface area contributed by atoms with Gasteiger partial charge in [-0.25, -0.2) is 14.5 Å². The Kier molecular flexibility index (Phi) is 4.54. The number of carbonyl (C=O) groups excluding carboxylic acids is 1. The van der Waals surface area contributed by atoms with Gasteiger partial charge in [-0.05, 0) is 36.6 Å². The number of urea groups is 1. The Hall–Kier alpha value is -2.45. The van der Waals surface area contributed by atoms with Gasteiger partial charge in [-0.3, -0.25) is 0 Å². The second-order valence-electron chi connectivity index (χ2n) is 5.96. The molecule has 9 nitrogen and oxygen atoms in total. The predicted molar refractivity (Wildman–Crippen MR) is 82.5 cm³/mol. The highest BCUT2D eigenvalue weighted by Crippen LogP contribution is 2.35. The lowest BCUT2D eigenvalue weighted by atomic mass is 10.3. The highest BCUT2D eigenvalue weighted by atomic mass is 16.2. The molecule has 0 unspecified atom stereocenters. The molecule has 124 valence electrons. The summed E-state index contributed by atoms with van der Waals surface area (Å²) in [7, 11) is 1.79. The van der Waals surface area contributed by atoms with E-state index in [0.29, 0.717) is 18.4 Å². The third kappa shape index (κ3) is 3.85. The second-order valence-corrected chi connectivity index (χ2v) is 5.96. The van der Waals surface area contributed by atoms with Crippen LogP contribution in [-0.4, -0.2) is 54.3 Å². The zero-order valence-corrected chi connectivity index (χ0v) is 13.5. The van der Waals surface area contributed by atoms with Crippen LogP contribution >= 0.6 is 0 Å². The molecule has 1 N–H and O–H groups in total. The zero-order chi connectivity index (χ0) is 16.2. The molecule has 0 saturated heterocycles. The summed E-state index contributed by atoms with van der Waals surface area (Å²) in [5, 5.41) is 14.7. The van der Waals surface area contributed by atoms with Crippen molar-refractivity contribution in [3.05, 3.63) is 24.5 Å². The van der Waals surface area contributed by atoms with Gasteiger partial charge in [0.05, 0.1) is 18.4 Å². The van der Waals surface area contributed by atoms with Crippen molar-refractivity contribution < 1.29 is 4.79 Å². The lowest BCUT2D eigenvalue weighted by molar-refractivity contribution is 0.203. The molecular weight excluding hydrogens is 296 g/mol. The highest BCUT2D eigenvalue weighted by molar-refractivity contribution is 5.74. The molecule has 2 aromatic heterocycles. The fourth-order valence-electron chi connectivity index (χ4n) is 2.44. The van der Waals surface area contributed by atoms with Gasteiger partial charge >= 0.3 is 6.03 Å². The average Bonchev–Trinajstić information content (AvgIpc) is 3.04. The van der Waals surface area contributed by atoms with Crippen LogP contribution in [0, 0.1) is 0 Å². The first-order chi connectivity index (χ1) is 11.1. The normalized spacial score (nSPS) is 15.4. The molecule has 23 heavy (non-hydrogen) atoms. The van der Waals surface area contributed by atoms with E-state index in [2.05, 4.69) is 25.8 Å². The fraction of sp³-hybridized carbons (Fsp3) is 0.643. The van der Waals surface area contributed by atoms with Crippen molar-refractivity contribution >= 4 is 6.03 Å². The molecule has 1 atom stereocenters. The Bertz CT molecular complexity index is 633. The van der Waals surface area contributed by atoms with Crippen LogP contribution in [0.25, 0.3) is 0 Å². The molecule has 0 aromatic carbocycles. The molecule has 0 bridgehead atoms. The molecule has 9 heteroatoms. The Balaban J connectivity index is 1.46. The van der Waals surface area contributed by atoms with Gasteiger partial charge < -0.3 is 14.8 Å². The van der Waals surface area contributed by atoms with Crippen molar-refractivity contribution in [2.24, 2.45) is 0 Å². The Labute approximate surface area is 134 Å². The molecule has 2 aromatic rings. The van der Waals surface area contributed by atoms with Gasteiger partial charge in [0.25, 0.3) is 0 Å².